The van der Waals surface area contributed by atoms with E-state index in [1.54, 1.807) is 36.6 Å². The van der Waals surface area contributed by atoms with Crippen molar-refractivity contribution in [2.45, 2.75) is 25.1 Å². The number of halogens is 1. The summed E-state index contributed by atoms with van der Waals surface area (Å²) in [5, 5.41) is 8.82. The minimum absolute atomic E-state index is 0.0976. The lowest BCUT2D eigenvalue weighted by Gasteiger charge is -2.11. The number of para-hydroxylation sites is 1. The summed E-state index contributed by atoms with van der Waals surface area (Å²) < 4.78 is 21.2. The van der Waals surface area contributed by atoms with Gasteiger partial charge in [-0.1, -0.05) is 42.1 Å². The van der Waals surface area contributed by atoms with Crippen LogP contribution in [0.15, 0.2) is 59.8 Å². The van der Waals surface area contributed by atoms with Crippen molar-refractivity contribution in [3.63, 3.8) is 0 Å². The minimum Gasteiger partial charge on any atom is -0.462 e. The smallest absolute Gasteiger partial charge is 0.316 e. The molecule has 0 spiro atoms. The number of nitrogens with zero attached hydrogens (tertiary/aromatic N) is 3. The summed E-state index contributed by atoms with van der Waals surface area (Å²) in [4.78, 5) is 11.8. The number of aromatic nitrogens is 3. The molecule has 0 fully saturated rings. The molecule has 134 valence electrons. The fourth-order valence-electron chi connectivity index (χ4n) is 2.41. The fraction of sp³-hybridized carbons (Fsp3) is 0.211. The van der Waals surface area contributed by atoms with Gasteiger partial charge in [0.05, 0.1) is 17.4 Å². The summed E-state index contributed by atoms with van der Waals surface area (Å²) in [5.74, 6) is -0.234. The fourth-order valence-corrected chi connectivity index (χ4v) is 3.15. The Hall–Kier alpha value is -2.67. The molecule has 0 N–H and O–H groups in total. The number of carbonyl (C=O) groups excluding carboxylic acids is 1. The molecule has 1 aromatic heterocycles. The van der Waals surface area contributed by atoms with Crippen LogP contribution in [0.3, 0.4) is 0 Å². The molecule has 2 aromatic carbocycles. The summed E-state index contributed by atoms with van der Waals surface area (Å²) >= 11 is 1.21. The van der Waals surface area contributed by atoms with Crippen LogP contribution in [0.4, 0.5) is 4.39 Å². The Morgan fingerprint density at radius 3 is 2.50 bits per heavy atom. The molecule has 0 saturated heterocycles. The molecular formula is C19H18FN3O2S. The van der Waals surface area contributed by atoms with Crippen LogP contribution in [0.5, 0.6) is 0 Å². The van der Waals surface area contributed by atoms with Crippen LogP contribution in [0, 0.1) is 5.82 Å². The van der Waals surface area contributed by atoms with Gasteiger partial charge in [-0.25, -0.2) is 4.39 Å². The van der Waals surface area contributed by atoms with E-state index in [0.29, 0.717) is 16.5 Å². The van der Waals surface area contributed by atoms with E-state index in [1.165, 1.54) is 17.8 Å². The molecule has 7 heteroatoms. The van der Waals surface area contributed by atoms with Gasteiger partial charge >= 0.3 is 5.97 Å². The van der Waals surface area contributed by atoms with E-state index in [4.69, 9.17) is 4.74 Å². The van der Waals surface area contributed by atoms with Gasteiger partial charge in [0.1, 0.15) is 5.82 Å². The van der Waals surface area contributed by atoms with Gasteiger partial charge in [-0.05, 0) is 38.1 Å². The second-order valence-corrected chi connectivity index (χ2v) is 6.73. The van der Waals surface area contributed by atoms with Crippen molar-refractivity contribution < 1.29 is 13.9 Å². The maximum Gasteiger partial charge on any atom is 0.316 e. The van der Waals surface area contributed by atoms with Crippen LogP contribution in [-0.4, -0.2) is 32.6 Å². The van der Waals surface area contributed by atoms with E-state index in [2.05, 4.69) is 10.2 Å². The number of thioether (sulfide) groups is 1. The summed E-state index contributed by atoms with van der Waals surface area (Å²) in [6, 6.07) is 15.8. The summed E-state index contributed by atoms with van der Waals surface area (Å²) in [6.45, 7) is 3.59. The Balaban J connectivity index is 1.98. The number of benzene rings is 2. The first-order valence-corrected chi connectivity index (χ1v) is 9.13. The normalized spacial score (nSPS) is 10.9. The lowest BCUT2D eigenvalue weighted by molar-refractivity contribution is -0.144. The molecule has 0 unspecified atom stereocenters. The number of esters is 1. The molecule has 0 amide bonds. The zero-order valence-corrected chi connectivity index (χ0v) is 15.2. The number of rotatable bonds is 6. The van der Waals surface area contributed by atoms with Crippen molar-refractivity contribution in [1.29, 1.82) is 0 Å². The molecule has 3 aromatic rings. The van der Waals surface area contributed by atoms with Crippen LogP contribution in [0.25, 0.3) is 17.1 Å². The van der Waals surface area contributed by atoms with Crippen LogP contribution in [-0.2, 0) is 9.53 Å². The molecule has 0 aliphatic heterocycles. The Bertz CT molecular complexity index is 897. The summed E-state index contributed by atoms with van der Waals surface area (Å²) in [5.41, 5.74) is 1.14. The van der Waals surface area contributed by atoms with E-state index in [0.717, 1.165) is 5.69 Å². The van der Waals surface area contributed by atoms with Crippen molar-refractivity contribution in [2.24, 2.45) is 0 Å². The highest BCUT2D eigenvalue weighted by atomic mass is 32.2. The van der Waals surface area contributed by atoms with Crippen molar-refractivity contribution in [2.75, 3.05) is 5.75 Å². The second-order valence-electron chi connectivity index (χ2n) is 5.78. The first-order chi connectivity index (χ1) is 12.6. The van der Waals surface area contributed by atoms with Crippen LogP contribution in [0.2, 0.25) is 0 Å². The van der Waals surface area contributed by atoms with Crippen LogP contribution >= 0.6 is 11.8 Å². The molecule has 0 radical (unpaired) electrons. The van der Waals surface area contributed by atoms with E-state index in [1.807, 2.05) is 30.3 Å². The van der Waals surface area contributed by atoms with E-state index < -0.39 is 0 Å². The van der Waals surface area contributed by atoms with Crippen LogP contribution in [0.1, 0.15) is 13.8 Å². The van der Waals surface area contributed by atoms with Crippen molar-refractivity contribution >= 4 is 17.7 Å². The average Bonchev–Trinajstić information content (AvgIpc) is 3.04. The predicted octanol–water partition coefficient (Wildman–Crippen LogP) is 4.12. The second kappa shape index (κ2) is 8.14. The molecule has 0 saturated carbocycles. The topological polar surface area (TPSA) is 57.0 Å². The average molecular weight is 371 g/mol. The molecule has 1 heterocycles. The Morgan fingerprint density at radius 2 is 1.81 bits per heavy atom. The molecule has 3 rings (SSSR count). The summed E-state index contributed by atoms with van der Waals surface area (Å²) in [7, 11) is 0. The summed E-state index contributed by atoms with van der Waals surface area (Å²) in [6.07, 6.45) is -0.177. The standard InChI is InChI=1S/C19H18FN3O2S/c1-13(2)25-17(24)12-26-19-22-21-18(15-10-6-7-11-16(15)20)23(19)14-8-4-3-5-9-14/h3-11,13H,12H2,1-2H3. The minimum atomic E-state index is -0.382. The van der Waals surface area contributed by atoms with E-state index >= 15 is 0 Å². The third-order valence-electron chi connectivity index (χ3n) is 3.45. The van der Waals surface area contributed by atoms with Gasteiger partial charge in [0.25, 0.3) is 0 Å². The molecule has 26 heavy (non-hydrogen) atoms. The van der Waals surface area contributed by atoms with Gasteiger partial charge in [-0.15, -0.1) is 10.2 Å². The van der Waals surface area contributed by atoms with Crippen LogP contribution < -0.4 is 0 Å². The van der Waals surface area contributed by atoms with Crippen molar-refractivity contribution in [1.82, 2.24) is 14.8 Å². The Morgan fingerprint density at radius 1 is 1.12 bits per heavy atom. The monoisotopic (exact) mass is 371 g/mol. The van der Waals surface area contributed by atoms with Gasteiger partial charge in [0.2, 0.25) is 0 Å². The largest absolute Gasteiger partial charge is 0.462 e. The number of ether oxygens (including phenoxy) is 1. The number of hydrogen-bond donors (Lipinski definition) is 0. The predicted molar refractivity (Wildman–Crippen MR) is 98.7 cm³/mol. The third-order valence-corrected chi connectivity index (χ3v) is 4.35. The highest BCUT2D eigenvalue weighted by molar-refractivity contribution is 7.99. The molecule has 0 bridgehead atoms. The van der Waals surface area contributed by atoms with E-state index in [9.17, 15) is 9.18 Å². The highest BCUT2D eigenvalue weighted by Gasteiger charge is 2.19. The first kappa shape index (κ1) is 18.1. The third kappa shape index (κ3) is 4.11. The zero-order valence-electron chi connectivity index (χ0n) is 14.4. The molecule has 0 aliphatic carbocycles. The molecule has 5 nitrogen and oxygen atoms in total. The van der Waals surface area contributed by atoms with Gasteiger partial charge in [0, 0.05) is 5.69 Å². The zero-order chi connectivity index (χ0) is 18.5. The maximum atomic E-state index is 14.3. The van der Waals surface area contributed by atoms with Crippen molar-refractivity contribution in [3.05, 3.63) is 60.4 Å². The van der Waals surface area contributed by atoms with Gasteiger partial charge in [-0.3, -0.25) is 9.36 Å². The molecular weight excluding hydrogens is 353 g/mol. The van der Waals surface area contributed by atoms with Gasteiger partial charge < -0.3 is 4.74 Å². The lowest BCUT2D eigenvalue weighted by Crippen LogP contribution is -2.13. The van der Waals surface area contributed by atoms with E-state index in [-0.39, 0.29) is 23.6 Å². The SMILES string of the molecule is CC(C)OC(=O)CSc1nnc(-c2ccccc2F)n1-c1ccccc1. The Kier molecular flexibility index (Phi) is 5.68. The van der Waals surface area contributed by atoms with Gasteiger partial charge in [0.15, 0.2) is 11.0 Å². The maximum absolute atomic E-state index is 14.3. The number of carbonyl (C=O) groups is 1. The lowest BCUT2D eigenvalue weighted by atomic mass is 10.2. The van der Waals surface area contributed by atoms with Crippen molar-refractivity contribution in [3.8, 4) is 17.1 Å². The molecule has 0 atom stereocenters. The first-order valence-electron chi connectivity index (χ1n) is 8.14. The highest BCUT2D eigenvalue weighted by Crippen LogP contribution is 2.29. The van der Waals surface area contributed by atoms with Gasteiger partial charge in [-0.2, -0.15) is 0 Å². The number of hydrogen-bond acceptors (Lipinski definition) is 5. The molecule has 0 aliphatic rings. The quantitative estimate of drug-likeness (QED) is 0.482. The Labute approximate surface area is 155 Å².